The number of nitrogens with zero attached hydrogens (tertiary/aromatic N) is 1. The van der Waals surface area contributed by atoms with Crippen molar-refractivity contribution in [1.82, 2.24) is 10.3 Å². The van der Waals surface area contributed by atoms with E-state index in [4.69, 9.17) is 5.73 Å². The number of hydrogen-bond acceptors (Lipinski definition) is 4. The van der Waals surface area contributed by atoms with E-state index in [1.807, 2.05) is 31.5 Å². The summed E-state index contributed by atoms with van der Waals surface area (Å²) in [5, 5.41) is 2.84. The van der Waals surface area contributed by atoms with Crippen molar-refractivity contribution in [3.05, 3.63) is 41.0 Å². The summed E-state index contributed by atoms with van der Waals surface area (Å²) in [4.78, 5) is 16.7. The first-order chi connectivity index (χ1) is 9.11. The van der Waals surface area contributed by atoms with Gasteiger partial charge < -0.3 is 11.1 Å². The summed E-state index contributed by atoms with van der Waals surface area (Å²) < 4.78 is 0. The molecular formula is C14H17N3OS. The van der Waals surface area contributed by atoms with Crippen LogP contribution in [0, 0.1) is 6.92 Å². The molecule has 0 saturated carbocycles. The molecule has 1 amide bonds. The Hall–Kier alpha value is -1.72. The van der Waals surface area contributed by atoms with Gasteiger partial charge >= 0.3 is 0 Å². The van der Waals surface area contributed by atoms with Crippen molar-refractivity contribution in [2.75, 3.05) is 6.54 Å². The van der Waals surface area contributed by atoms with Crippen LogP contribution in [0.2, 0.25) is 0 Å². The van der Waals surface area contributed by atoms with Crippen molar-refractivity contribution in [3.8, 4) is 10.4 Å². The first-order valence-electron chi connectivity index (χ1n) is 6.11. The van der Waals surface area contributed by atoms with Crippen LogP contribution in [0.1, 0.15) is 24.2 Å². The van der Waals surface area contributed by atoms with E-state index in [2.05, 4.69) is 22.4 Å². The van der Waals surface area contributed by atoms with Gasteiger partial charge in [0.25, 0.3) is 0 Å². The first kappa shape index (κ1) is 13.7. The van der Waals surface area contributed by atoms with Crippen LogP contribution in [0.15, 0.2) is 29.8 Å². The summed E-state index contributed by atoms with van der Waals surface area (Å²) >= 11 is 1.63. The highest BCUT2D eigenvalue weighted by molar-refractivity contribution is 7.13. The molecule has 0 bridgehead atoms. The molecule has 19 heavy (non-hydrogen) atoms. The van der Waals surface area contributed by atoms with Crippen molar-refractivity contribution in [1.29, 1.82) is 0 Å². The molecule has 3 N–H and O–H groups in total. The molecule has 100 valence electrons. The fourth-order valence-electron chi connectivity index (χ4n) is 1.89. The van der Waals surface area contributed by atoms with Crippen molar-refractivity contribution >= 4 is 17.2 Å². The number of carbonyl (C=O) groups excluding carboxylic acids is 1. The maximum absolute atomic E-state index is 11.3. The number of nitrogens with one attached hydrogen (secondary N) is 1. The lowest BCUT2D eigenvalue weighted by atomic mass is 10.0. The summed E-state index contributed by atoms with van der Waals surface area (Å²) in [6.45, 7) is 3.97. The normalized spacial score (nSPS) is 12.2. The lowest BCUT2D eigenvalue weighted by Gasteiger charge is -2.14. The maximum atomic E-state index is 11.3. The van der Waals surface area contributed by atoms with Crippen LogP contribution < -0.4 is 11.1 Å². The minimum absolute atomic E-state index is 0.0164. The van der Waals surface area contributed by atoms with E-state index in [9.17, 15) is 4.79 Å². The maximum Gasteiger partial charge on any atom is 0.234 e. The molecule has 0 aliphatic heterocycles. The Balaban J connectivity index is 2.15. The molecule has 1 aromatic heterocycles. The topological polar surface area (TPSA) is 68.0 Å². The highest BCUT2D eigenvalue weighted by Crippen LogP contribution is 2.28. The Morgan fingerprint density at radius 3 is 2.63 bits per heavy atom. The molecule has 4 nitrogen and oxygen atoms in total. The second-order valence-electron chi connectivity index (χ2n) is 4.38. The Labute approximate surface area is 116 Å². The summed E-state index contributed by atoms with van der Waals surface area (Å²) in [7, 11) is 0. The van der Waals surface area contributed by atoms with Gasteiger partial charge in [0.2, 0.25) is 5.91 Å². The Morgan fingerprint density at radius 1 is 1.42 bits per heavy atom. The first-order valence-corrected chi connectivity index (χ1v) is 6.99. The fourth-order valence-corrected chi connectivity index (χ4v) is 2.70. The molecule has 0 radical (unpaired) electrons. The zero-order valence-electron chi connectivity index (χ0n) is 11.0. The van der Waals surface area contributed by atoms with Gasteiger partial charge in [0.05, 0.1) is 28.7 Å². The minimum Gasteiger partial charge on any atom is -0.348 e. The summed E-state index contributed by atoms with van der Waals surface area (Å²) in [5.74, 6) is -0.144. The number of aromatic nitrogens is 1. The second-order valence-corrected chi connectivity index (χ2v) is 5.24. The van der Waals surface area contributed by atoms with E-state index < -0.39 is 0 Å². The third kappa shape index (κ3) is 3.19. The monoisotopic (exact) mass is 275 g/mol. The second kappa shape index (κ2) is 5.95. The molecule has 0 spiro atoms. The van der Waals surface area contributed by atoms with Gasteiger partial charge in [-0.1, -0.05) is 24.3 Å². The van der Waals surface area contributed by atoms with E-state index in [0.29, 0.717) is 0 Å². The fraction of sp³-hybridized carbons (Fsp3) is 0.286. The lowest BCUT2D eigenvalue weighted by molar-refractivity contribution is -0.120. The number of nitrogens with two attached hydrogens (primary N) is 1. The molecule has 2 rings (SSSR count). The molecule has 0 aliphatic rings. The van der Waals surface area contributed by atoms with Crippen LogP contribution in [0.3, 0.4) is 0 Å². The van der Waals surface area contributed by atoms with Gasteiger partial charge in [-0.2, -0.15) is 0 Å². The average Bonchev–Trinajstić information content (AvgIpc) is 2.85. The van der Waals surface area contributed by atoms with Gasteiger partial charge in [0.15, 0.2) is 0 Å². The summed E-state index contributed by atoms with van der Waals surface area (Å²) in [6, 6.07) is 8.13. The number of rotatable bonds is 4. The van der Waals surface area contributed by atoms with Crippen molar-refractivity contribution in [2.45, 2.75) is 19.9 Å². The third-order valence-electron chi connectivity index (χ3n) is 2.98. The molecule has 1 heterocycles. The summed E-state index contributed by atoms with van der Waals surface area (Å²) in [5.41, 5.74) is 10.4. The Morgan fingerprint density at radius 2 is 2.11 bits per heavy atom. The molecule has 1 atom stereocenters. The quantitative estimate of drug-likeness (QED) is 0.899. The van der Waals surface area contributed by atoms with Gasteiger partial charge in [-0.25, -0.2) is 4.98 Å². The van der Waals surface area contributed by atoms with Crippen LogP contribution in [0.25, 0.3) is 10.4 Å². The standard InChI is InChI=1S/C14H17N3OS/c1-9(17-13(18)7-15)11-3-5-12(6-4-11)14-10(2)16-8-19-14/h3-6,8-9H,7,15H2,1-2H3,(H,17,18)/t9-/m0/s1. The smallest absolute Gasteiger partial charge is 0.234 e. The highest BCUT2D eigenvalue weighted by Gasteiger charge is 2.09. The zero-order valence-corrected chi connectivity index (χ0v) is 11.8. The third-order valence-corrected chi connectivity index (χ3v) is 3.96. The lowest BCUT2D eigenvalue weighted by Crippen LogP contribution is -2.32. The molecule has 0 saturated heterocycles. The van der Waals surface area contributed by atoms with Gasteiger partial charge in [-0.3, -0.25) is 4.79 Å². The van der Waals surface area contributed by atoms with Crippen molar-refractivity contribution in [3.63, 3.8) is 0 Å². The Kier molecular flexibility index (Phi) is 4.29. The zero-order chi connectivity index (χ0) is 13.8. The molecule has 0 fully saturated rings. The van der Waals surface area contributed by atoms with E-state index in [1.54, 1.807) is 11.3 Å². The molecule has 2 aromatic rings. The SMILES string of the molecule is Cc1ncsc1-c1ccc([C@H](C)NC(=O)CN)cc1. The van der Waals surface area contributed by atoms with Crippen LogP contribution in [-0.4, -0.2) is 17.4 Å². The van der Waals surface area contributed by atoms with Crippen LogP contribution in [-0.2, 0) is 4.79 Å². The van der Waals surface area contributed by atoms with Crippen molar-refractivity contribution in [2.24, 2.45) is 5.73 Å². The van der Waals surface area contributed by atoms with Crippen LogP contribution >= 0.6 is 11.3 Å². The van der Waals surface area contributed by atoms with E-state index in [-0.39, 0.29) is 18.5 Å². The molecule has 5 heteroatoms. The number of thiazole rings is 1. The van der Waals surface area contributed by atoms with Gasteiger partial charge in [-0.15, -0.1) is 11.3 Å². The van der Waals surface area contributed by atoms with Crippen LogP contribution in [0.4, 0.5) is 0 Å². The van der Waals surface area contributed by atoms with Crippen LogP contribution in [0.5, 0.6) is 0 Å². The van der Waals surface area contributed by atoms with Gasteiger partial charge in [0.1, 0.15) is 0 Å². The predicted molar refractivity (Wildman–Crippen MR) is 77.9 cm³/mol. The Bertz CT molecular complexity index is 562. The van der Waals surface area contributed by atoms with E-state index in [1.165, 1.54) is 4.88 Å². The average molecular weight is 275 g/mol. The molecule has 0 unspecified atom stereocenters. The molecular weight excluding hydrogens is 258 g/mol. The molecule has 0 aliphatic carbocycles. The summed E-state index contributed by atoms with van der Waals surface area (Å²) in [6.07, 6.45) is 0. The number of benzene rings is 1. The van der Waals surface area contributed by atoms with Crippen molar-refractivity contribution < 1.29 is 4.79 Å². The molecule has 1 aromatic carbocycles. The van der Waals surface area contributed by atoms with E-state index in [0.717, 1.165) is 16.8 Å². The number of amides is 1. The number of aryl methyl sites for hydroxylation is 1. The predicted octanol–water partition coefficient (Wildman–Crippen LogP) is 2.25. The van der Waals surface area contributed by atoms with Gasteiger partial charge in [0, 0.05) is 0 Å². The number of hydrogen-bond donors (Lipinski definition) is 2. The van der Waals surface area contributed by atoms with Gasteiger partial charge in [-0.05, 0) is 25.0 Å². The minimum atomic E-state index is -0.144. The highest BCUT2D eigenvalue weighted by atomic mass is 32.1. The largest absolute Gasteiger partial charge is 0.348 e. The number of carbonyl (C=O) groups is 1. The van der Waals surface area contributed by atoms with E-state index >= 15 is 0 Å².